The quantitative estimate of drug-likeness (QED) is 0.238. The van der Waals surface area contributed by atoms with Crippen LogP contribution in [0.15, 0.2) is 36.4 Å². The fraction of sp³-hybridized carbons (Fsp3) is 0.440. The molecule has 1 saturated carbocycles. The van der Waals surface area contributed by atoms with Gasteiger partial charge in [0.1, 0.15) is 11.6 Å². The number of carbonyl (C=O) groups is 2. The fourth-order valence-electron chi connectivity index (χ4n) is 3.87. The molecule has 0 aliphatic heterocycles. The van der Waals surface area contributed by atoms with E-state index in [1.807, 2.05) is 13.0 Å². The first-order chi connectivity index (χ1) is 16.6. The molecule has 0 radical (unpaired) electrons. The molecule has 2 aromatic rings. The number of carbonyl (C=O) groups excluding carboxylic acids is 1. The van der Waals surface area contributed by atoms with Crippen molar-refractivity contribution in [2.75, 3.05) is 17.2 Å². The highest BCUT2D eigenvalue weighted by Crippen LogP contribution is 2.49. The number of aliphatic carboxylic acids is 1. The van der Waals surface area contributed by atoms with Crippen LogP contribution in [-0.4, -0.2) is 29.9 Å². The number of nitrogens with one attached hydrogen (secondary N) is 2. The lowest BCUT2D eigenvalue weighted by Crippen LogP contribution is -2.21. The van der Waals surface area contributed by atoms with E-state index in [1.54, 1.807) is 12.1 Å². The van der Waals surface area contributed by atoms with E-state index in [4.69, 9.17) is 4.74 Å². The van der Waals surface area contributed by atoms with E-state index in [-0.39, 0.29) is 36.1 Å². The van der Waals surface area contributed by atoms with Gasteiger partial charge in [0.05, 0.1) is 23.9 Å². The SMILES string of the molecule is CCCCc1cc([C@@H]2C[C@@H]2C(=O)O)cc(NC(=O)Nc2ccccc2F)c1OCCCC(F)(F)F. The van der Waals surface area contributed by atoms with Crippen LogP contribution >= 0.6 is 0 Å². The molecule has 2 aromatic carbocycles. The van der Waals surface area contributed by atoms with Gasteiger partial charge in [0.15, 0.2) is 0 Å². The van der Waals surface area contributed by atoms with Gasteiger partial charge in [0.25, 0.3) is 0 Å². The molecular formula is C25H28F4N2O4. The van der Waals surface area contributed by atoms with Gasteiger partial charge >= 0.3 is 18.2 Å². The summed E-state index contributed by atoms with van der Waals surface area (Å²) in [5, 5.41) is 14.4. The lowest BCUT2D eigenvalue weighted by molar-refractivity contribution is -0.138. The largest absolute Gasteiger partial charge is 0.491 e. The number of aryl methyl sites for hydroxylation is 1. The molecule has 3 rings (SSSR count). The molecule has 0 spiro atoms. The molecular weight excluding hydrogens is 468 g/mol. The average Bonchev–Trinajstić information content (AvgIpc) is 3.58. The number of anilines is 2. The lowest BCUT2D eigenvalue weighted by Gasteiger charge is -2.19. The van der Waals surface area contributed by atoms with Gasteiger partial charge in [-0.2, -0.15) is 13.2 Å². The van der Waals surface area contributed by atoms with Gasteiger partial charge in [-0.15, -0.1) is 0 Å². The smallest absolute Gasteiger partial charge is 0.389 e. The van der Waals surface area contributed by atoms with Crippen LogP contribution in [-0.2, 0) is 11.2 Å². The van der Waals surface area contributed by atoms with E-state index >= 15 is 0 Å². The summed E-state index contributed by atoms with van der Waals surface area (Å²) < 4.78 is 57.4. The number of urea groups is 1. The predicted molar refractivity (Wildman–Crippen MR) is 123 cm³/mol. The highest BCUT2D eigenvalue weighted by Gasteiger charge is 2.44. The van der Waals surface area contributed by atoms with E-state index in [2.05, 4.69) is 10.6 Å². The molecule has 0 saturated heterocycles. The van der Waals surface area contributed by atoms with Crippen LogP contribution in [0.5, 0.6) is 5.75 Å². The van der Waals surface area contributed by atoms with Gasteiger partial charge < -0.3 is 20.5 Å². The molecule has 6 nitrogen and oxygen atoms in total. The maximum Gasteiger partial charge on any atom is 0.389 e. The Morgan fingerprint density at radius 1 is 1.11 bits per heavy atom. The van der Waals surface area contributed by atoms with Crippen molar-refractivity contribution in [1.29, 1.82) is 0 Å². The standard InChI is InChI=1S/C25H28F4N2O4/c1-2-3-7-15-12-16(17-14-18(17)23(32)33)13-21(22(15)35-11-6-10-25(27,28)29)31-24(34)30-20-9-5-4-8-19(20)26/h4-5,8-9,12-13,17-18H,2-3,6-7,10-11,14H2,1H3,(H,32,33)(H2,30,31,34)/t17-,18-/m0/s1. The second-order valence-electron chi connectivity index (χ2n) is 8.57. The number of carboxylic acids is 1. The first-order valence-corrected chi connectivity index (χ1v) is 11.5. The van der Waals surface area contributed by atoms with Gasteiger partial charge in [-0.05, 0) is 60.9 Å². The number of hydrogen-bond donors (Lipinski definition) is 3. The Labute approximate surface area is 200 Å². The summed E-state index contributed by atoms with van der Waals surface area (Å²) in [7, 11) is 0. The van der Waals surface area contributed by atoms with Crippen LogP contribution in [0.1, 0.15) is 56.1 Å². The van der Waals surface area contributed by atoms with Gasteiger partial charge in [-0.25, -0.2) is 9.18 Å². The minimum atomic E-state index is -4.31. The number of ether oxygens (including phenoxy) is 1. The molecule has 2 atom stereocenters. The number of alkyl halides is 3. The molecule has 2 amide bonds. The number of para-hydroxylation sites is 1. The van der Waals surface area contributed by atoms with Crippen molar-refractivity contribution in [1.82, 2.24) is 0 Å². The van der Waals surface area contributed by atoms with E-state index in [1.165, 1.54) is 18.2 Å². The first kappa shape index (κ1) is 26.3. The van der Waals surface area contributed by atoms with Crippen molar-refractivity contribution in [3.8, 4) is 5.75 Å². The highest BCUT2D eigenvalue weighted by molar-refractivity contribution is 6.01. The first-order valence-electron chi connectivity index (χ1n) is 11.5. The molecule has 1 aliphatic carbocycles. The Hall–Kier alpha value is -3.30. The molecule has 190 valence electrons. The molecule has 3 N–H and O–H groups in total. The number of amides is 2. The number of carboxylic acid groups (broad SMARTS) is 1. The van der Waals surface area contributed by atoms with E-state index in [0.717, 1.165) is 12.8 Å². The lowest BCUT2D eigenvalue weighted by atomic mass is 9.99. The third kappa shape index (κ3) is 7.60. The minimum absolute atomic E-state index is 0.0480. The van der Waals surface area contributed by atoms with Crippen LogP contribution in [0, 0.1) is 11.7 Å². The van der Waals surface area contributed by atoms with E-state index < -0.39 is 36.3 Å². The van der Waals surface area contributed by atoms with Crippen molar-refractivity contribution in [3.05, 3.63) is 53.3 Å². The number of unbranched alkanes of at least 4 members (excludes halogenated alkanes) is 1. The van der Waals surface area contributed by atoms with Crippen molar-refractivity contribution in [2.24, 2.45) is 5.92 Å². The maximum absolute atomic E-state index is 14.0. The monoisotopic (exact) mass is 496 g/mol. The number of halogens is 4. The van der Waals surface area contributed by atoms with Crippen molar-refractivity contribution >= 4 is 23.4 Å². The molecule has 35 heavy (non-hydrogen) atoms. The van der Waals surface area contributed by atoms with Gasteiger partial charge in [-0.3, -0.25) is 4.79 Å². The third-order valence-corrected chi connectivity index (χ3v) is 5.74. The Morgan fingerprint density at radius 2 is 1.83 bits per heavy atom. The van der Waals surface area contributed by atoms with Gasteiger partial charge in [-0.1, -0.05) is 31.5 Å². The molecule has 1 aliphatic rings. The summed E-state index contributed by atoms with van der Waals surface area (Å²) in [5.41, 5.74) is 1.53. The summed E-state index contributed by atoms with van der Waals surface area (Å²) in [6.07, 6.45) is -2.98. The van der Waals surface area contributed by atoms with Gasteiger partial charge in [0, 0.05) is 6.42 Å². The average molecular weight is 497 g/mol. The molecule has 0 unspecified atom stereocenters. The van der Waals surface area contributed by atoms with E-state index in [9.17, 15) is 32.3 Å². The second-order valence-corrected chi connectivity index (χ2v) is 8.57. The van der Waals surface area contributed by atoms with Gasteiger partial charge in [0.2, 0.25) is 0 Å². The van der Waals surface area contributed by atoms with Crippen LogP contribution in [0.4, 0.5) is 33.7 Å². The van der Waals surface area contributed by atoms with Crippen LogP contribution in [0.3, 0.4) is 0 Å². The maximum atomic E-state index is 14.0. The fourth-order valence-corrected chi connectivity index (χ4v) is 3.87. The summed E-state index contributed by atoms with van der Waals surface area (Å²) >= 11 is 0. The zero-order valence-electron chi connectivity index (χ0n) is 19.3. The molecule has 0 aromatic heterocycles. The topological polar surface area (TPSA) is 87.7 Å². The van der Waals surface area contributed by atoms with E-state index in [0.29, 0.717) is 24.0 Å². The Balaban J connectivity index is 1.88. The number of benzene rings is 2. The van der Waals surface area contributed by atoms with Crippen molar-refractivity contribution in [2.45, 2.75) is 57.5 Å². The summed E-state index contributed by atoms with van der Waals surface area (Å²) in [4.78, 5) is 24.0. The molecule has 10 heteroatoms. The summed E-state index contributed by atoms with van der Waals surface area (Å²) in [6, 6.07) is 8.23. The Bertz CT molecular complexity index is 1060. The number of hydrogen-bond acceptors (Lipinski definition) is 3. The Kier molecular flexibility index (Phi) is 8.58. The van der Waals surface area contributed by atoms with Crippen LogP contribution < -0.4 is 15.4 Å². The van der Waals surface area contributed by atoms with Crippen molar-refractivity contribution in [3.63, 3.8) is 0 Å². The highest BCUT2D eigenvalue weighted by atomic mass is 19.4. The molecule has 0 heterocycles. The molecule has 0 bridgehead atoms. The normalized spacial score (nSPS) is 17.1. The summed E-state index contributed by atoms with van der Waals surface area (Å²) in [6.45, 7) is 1.76. The summed E-state index contributed by atoms with van der Waals surface area (Å²) in [5.74, 6) is -2.08. The zero-order valence-corrected chi connectivity index (χ0v) is 19.3. The second kappa shape index (κ2) is 11.4. The Morgan fingerprint density at radius 3 is 2.46 bits per heavy atom. The number of rotatable bonds is 11. The third-order valence-electron chi connectivity index (χ3n) is 5.74. The van der Waals surface area contributed by atoms with Crippen LogP contribution in [0.2, 0.25) is 0 Å². The predicted octanol–water partition coefficient (Wildman–Crippen LogP) is 6.72. The minimum Gasteiger partial charge on any atom is -0.491 e. The zero-order chi connectivity index (χ0) is 25.6. The van der Waals surface area contributed by atoms with Crippen LogP contribution in [0.25, 0.3) is 0 Å². The molecule has 1 fully saturated rings. The van der Waals surface area contributed by atoms with Crippen molar-refractivity contribution < 1.29 is 37.0 Å².